The highest BCUT2D eigenvalue weighted by Crippen LogP contribution is 2.50. The maximum atomic E-state index is 6.44. The van der Waals surface area contributed by atoms with Gasteiger partial charge in [0, 0.05) is 27.4 Å². The molecule has 0 saturated heterocycles. The Labute approximate surface area is 266 Å². The quantitative estimate of drug-likeness (QED) is 0.201. The molecule has 0 atom stereocenters. The second kappa shape index (κ2) is 9.69. The molecular weight excluding hydrogens is 558 g/mol. The molecule has 2 nitrogen and oxygen atoms in total. The van der Waals surface area contributed by atoms with Crippen molar-refractivity contribution < 1.29 is 4.74 Å². The number of nitrogens with zero attached hydrogens (tertiary/aromatic N) is 1. The van der Waals surface area contributed by atoms with Gasteiger partial charge in [0.15, 0.2) is 0 Å². The molecule has 0 aliphatic carbocycles. The molecule has 9 aromatic rings. The summed E-state index contributed by atoms with van der Waals surface area (Å²) in [7, 11) is 0. The number of ether oxygens (including phenoxy) is 1. The lowest BCUT2D eigenvalue weighted by atomic mass is 9.86. The Morgan fingerprint density at radius 3 is 1.85 bits per heavy atom. The number of aromatic nitrogens is 1. The van der Waals surface area contributed by atoms with Crippen LogP contribution in [0.4, 0.5) is 0 Å². The van der Waals surface area contributed by atoms with Crippen LogP contribution in [0.3, 0.4) is 0 Å². The molecule has 214 valence electrons. The van der Waals surface area contributed by atoms with E-state index >= 15 is 0 Å². The van der Waals surface area contributed by atoms with Crippen molar-refractivity contribution in [1.29, 1.82) is 0 Å². The van der Waals surface area contributed by atoms with Crippen molar-refractivity contribution in [2.45, 2.75) is 0 Å². The Morgan fingerprint density at radius 1 is 0.326 bits per heavy atom. The van der Waals surface area contributed by atoms with Crippen LogP contribution in [-0.2, 0) is 0 Å². The Morgan fingerprint density at radius 2 is 0.978 bits per heavy atom. The molecular formula is C44H27NO. The van der Waals surface area contributed by atoms with Gasteiger partial charge in [-0.15, -0.1) is 0 Å². The van der Waals surface area contributed by atoms with Crippen LogP contribution in [0.25, 0.3) is 82.4 Å². The molecule has 46 heavy (non-hydrogen) atoms. The lowest BCUT2D eigenvalue weighted by Gasteiger charge is -2.23. The van der Waals surface area contributed by atoms with Crippen molar-refractivity contribution in [3.05, 3.63) is 164 Å². The normalized spacial score (nSPS) is 12.1. The second-order valence-corrected chi connectivity index (χ2v) is 12.0. The van der Waals surface area contributed by atoms with Crippen LogP contribution >= 0.6 is 0 Å². The van der Waals surface area contributed by atoms with Gasteiger partial charge in [0.25, 0.3) is 0 Å². The molecule has 2 heteroatoms. The van der Waals surface area contributed by atoms with E-state index in [1.807, 2.05) is 6.07 Å². The second-order valence-electron chi connectivity index (χ2n) is 12.0. The van der Waals surface area contributed by atoms with Gasteiger partial charge in [-0.3, -0.25) is 0 Å². The minimum atomic E-state index is 0.907. The van der Waals surface area contributed by atoms with Crippen molar-refractivity contribution in [2.75, 3.05) is 0 Å². The number of hydrogen-bond donors (Lipinski definition) is 0. The molecule has 0 spiro atoms. The number of para-hydroxylation sites is 3. The first kappa shape index (κ1) is 25.2. The third-order valence-electron chi connectivity index (χ3n) is 9.60. The van der Waals surface area contributed by atoms with Gasteiger partial charge in [-0.25, -0.2) is 0 Å². The molecule has 1 aliphatic rings. The first-order valence-corrected chi connectivity index (χ1v) is 15.8. The van der Waals surface area contributed by atoms with Gasteiger partial charge in [-0.1, -0.05) is 127 Å². The lowest BCUT2D eigenvalue weighted by Crippen LogP contribution is -1.98. The predicted octanol–water partition coefficient (Wildman–Crippen LogP) is 12.2. The highest BCUT2D eigenvalue weighted by Gasteiger charge is 2.23. The first-order valence-electron chi connectivity index (χ1n) is 15.8. The summed E-state index contributed by atoms with van der Waals surface area (Å²) in [6, 6.07) is 59.0. The number of benzene rings is 8. The summed E-state index contributed by atoms with van der Waals surface area (Å²) < 4.78 is 8.84. The van der Waals surface area contributed by atoms with Gasteiger partial charge < -0.3 is 9.30 Å². The monoisotopic (exact) mass is 585 g/mol. The number of hydrogen-bond acceptors (Lipinski definition) is 1. The van der Waals surface area contributed by atoms with E-state index in [-0.39, 0.29) is 0 Å². The first-order chi connectivity index (χ1) is 22.8. The van der Waals surface area contributed by atoms with Crippen LogP contribution in [0.5, 0.6) is 11.5 Å². The van der Waals surface area contributed by atoms with E-state index in [1.165, 1.54) is 76.9 Å². The highest BCUT2D eigenvalue weighted by atomic mass is 16.5. The molecule has 8 aromatic carbocycles. The van der Waals surface area contributed by atoms with Crippen LogP contribution in [0.15, 0.2) is 164 Å². The SMILES string of the molecule is c1ccc(-n2c3ccccc3c3c4c(-c5ccccc5-c5ccc6c7c(cccc57)-c5ccccc5O6)cccc4ccc32)cc1. The smallest absolute Gasteiger partial charge is 0.135 e. The minimum Gasteiger partial charge on any atom is -0.456 e. The molecule has 10 rings (SSSR count). The molecule has 0 unspecified atom stereocenters. The fraction of sp³-hybridized carbons (Fsp3) is 0. The van der Waals surface area contributed by atoms with Crippen molar-refractivity contribution in [3.63, 3.8) is 0 Å². The fourth-order valence-electron chi connectivity index (χ4n) is 7.68. The van der Waals surface area contributed by atoms with Gasteiger partial charge in [0.05, 0.1) is 11.0 Å². The Balaban J connectivity index is 1.28. The highest BCUT2D eigenvalue weighted by molar-refractivity contribution is 6.25. The summed E-state index contributed by atoms with van der Waals surface area (Å²) in [4.78, 5) is 0. The zero-order valence-electron chi connectivity index (χ0n) is 24.9. The topological polar surface area (TPSA) is 14.2 Å². The molecule has 0 fully saturated rings. The molecule has 0 N–H and O–H groups in total. The maximum absolute atomic E-state index is 6.44. The lowest BCUT2D eigenvalue weighted by molar-refractivity contribution is 0.487. The summed E-state index contributed by atoms with van der Waals surface area (Å²) >= 11 is 0. The van der Waals surface area contributed by atoms with Gasteiger partial charge in [0.2, 0.25) is 0 Å². The van der Waals surface area contributed by atoms with Crippen molar-refractivity contribution in [3.8, 4) is 50.6 Å². The van der Waals surface area contributed by atoms with Gasteiger partial charge in [-0.2, -0.15) is 0 Å². The molecule has 2 heterocycles. The largest absolute Gasteiger partial charge is 0.456 e. The average molecular weight is 586 g/mol. The Bertz CT molecular complexity index is 2660. The third kappa shape index (κ3) is 3.53. The third-order valence-corrected chi connectivity index (χ3v) is 9.60. The van der Waals surface area contributed by atoms with E-state index in [0.29, 0.717) is 0 Å². The molecule has 0 radical (unpaired) electrons. The molecule has 0 bridgehead atoms. The van der Waals surface area contributed by atoms with Crippen molar-refractivity contribution >= 4 is 43.4 Å². The average Bonchev–Trinajstić information content (AvgIpc) is 3.47. The van der Waals surface area contributed by atoms with Crippen LogP contribution in [0, 0.1) is 0 Å². The summed E-state index contributed by atoms with van der Waals surface area (Å²) in [5.74, 6) is 1.82. The van der Waals surface area contributed by atoms with Gasteiger partial charge in [-0.05, 0) is 80.4 Å². The van der Waals surface area contributed by atoms with E-state index in [2.05, 4.69) is 162 Å². The van der Waals surface area contributed by atoms with Crippen molar-refractivity contribution in [2.24, 2.45) is 0 Å². The van der Waals surface area contributed by atoms with E-state index in [4.69, 9.17) is 4.74 Å². The Hall–Kier alpha value is -6.12. The summed E-state index contributed by atoms with van der Waals surface area (Å²) in [5.41, 5.74) is 10.8. The van der Waals surface area contributed by atoms with Crippen LogP contribution < -0.4 is 4.74 Å². The van der Waals surface area contributed by atoms with E-state index in [1.54, 1.807) is 0 Å². The molecule has 1 aromatic heterocycles. The minimum absolute atomic E-state index is 0.907. The van der Waals surface area contributed by atoms with Gasteiger partial charge >= 0.3 is 0 Å². The molecule has 0 amide bonds. The van der Waals surface area contributed by atoms with Crippen molar-refractivity contribution in [1.82, 2.24) is 4.57 Å². The molecule has 0 saturated carbocycles. The maximum Gasteiger partial charge on any atom is 0.135 e. The van der Waals surface area contributed by atoms with Crippen LogP contribution in [0.2, 0.25) is 0 Å². The standard InChI is InChI=1S/C44H27NO/c1-2-13-29(14-3-1)45-38-22-8-6-18-37(38)44-39(45)26-24-28-12-10-19-34(42(28)44)31-16-5-4-15-30(31)32-25-27-41-43-35(32)20-11-21-36(43)33-17-7-9-23-40(33)46-41/h1-27H. The predicted molar refractivity (Wildman–Crippen MR) is 192 cm³/mol. The van der Waals surface area contributed by atoms with Crippen LogP contribution in [-0.4, -0.2) is 4.57 Å². The van der Waals surface area contributed by atoms with E-state index in [0.717, 1.165) is 17.1 Å². The zero-order valence-corrected chi connectivity index (χ0v) is 24.9. The van der Waals surface area contributed by atoms with E-state index < -0.39 is 0 Å². The summed E-state index contributed by atoms with van der Waals surface area (Å²) in [6.07, 6.45) is 0. The zero-order chi connectivity index (χ0) is 30.2. The summed E-state index contributed by atoms with van der Waals surface area (Å²) in [6.45, 7) is 0. The van der Waals surface area contributed by atoms with E-state index in [9.17, 15) is 0 Å². The summed E-state index contributed by atoms with van der Waals surface area (Å²) in [5, 5.41) is 7.41. The van der Waals surface area contributed by atoms with Crippen LogP contribution in [0.1, 0.15) is 0 Å². The number of fused-ring (bicyclic) bond motifs is 7. The fourth-order valence-corrected chi connectivity index (χ4v) is 7.68. The Kier molecular flexibility index (Phi) is 5.31. The van der Waals surface area contributed by atoms with Gasteiger partial charge in [0.1, 0.15) is 11.5 Å². The number of rotatable bonds is 3. The molecule has 1 aliphatic heterocycles.